The zero-order chi connectivity index (χ0) is 8.10. The van der Waals surface area contributed by atoms with Gasteiger partial charge in [0.2, 0.25) is 6.54 Å². The molecule has 1 rings (SSSR count). The lowest BCUT2D eigenvalue weighted by atomic mass is 10.2. The van der Waals surface area contributed by atoms with Crippen molar-refractivity contribution in [3.8, 4) is 0 Å². The van der Waals surface area contributed by atoms with E-state index in [0.717, 1.165) is 10.9 Å². The first-order valence-electron chi connectivity index (χ1n) is 3.40. The molecule has 0 radical (unpaired) electrons. The number of benzene rings is 1. The van der Waals surface area contributed by atoms with Crippen LogP contribution in [0.2, 0.25) is 0 Å². The number of hydrogen-bond donors (Lipinski definition) is 0. The van der Waals surface area contributed by atoms with Gasteiger partial charge in [-0.3, -0.25) is 0 Å². The fourth-order valence-electron chi connectivity index (χ4n) is 0.877. The molecule has 1 aromatic carbocycles. The molecule has 0 heterocycles. The maximum absolute atomic E-state index is 6.62. The summed E-state index contributed by atoms with van der Waals surface area (Å²) in [6.45, 7) is 7.20. The Morgan fingerprint density at radius 3 is 2.91 bits per heavy atom. The van der Waals surface area contributed by atoms with Gasteiger partial charge in [0.25, 0.3) is 0 Å². The summed E-state index contributed by atoms with van der Waals surface area (Å²) in [5.41, 5.74) is 1.22. The topological polar surface area (TPSA) is 4.36 Å². The van der Waals surface area contributed by atoms with E-state index in [4.69, 9.17) is 6.57 Å². The van der Waals surface area contributed by atoms with Crippen molar-refractivity contribution in [2.45, 2.75) is 6.42 Å². The molecule has 0 saturated heterocycles. The van der Waals surface area contributed by atoms with Crippen molar-refractivity contribution in [2.24, 2.45) is 0 Å². The first-order chi connectivity index (χ1) is 5.33. The smallest absolute Gasteiger partial charge is 0.218 e. The lowest BCUT2D eigenvalue weighted by Gasteiger charge is -1.94. The molecule has 0 spiro atoms. The first kappa shape index (κ1) is 8.29. The van der Waals surface area contributed by atoms with Crippen molar-refractivity contribution in [3.05, 3.63) is 45.7 Å². The molecule has 0 aliphatic rings. The Labute approximate surface area is 75.0 Å². The van der Waals surface area contributed by atoms with E-state index < -0.39 is 0 Å². The second kappa shape index (κ2) is 4.15. The molecule has 1 nitrogen and oxygen atoms in total. The fourth-order valence-corrected chi connectivity index (χ4v) is 1.32. The molecule has 2 heteroatoms. The van der Waals surface area contributed by atoms with Gasteiger partial charge in [-0.25, -0.2) is 6.57 Å². The van der Waals surface area contributed by atoms with Crippen molar-refractivity contribution in [1.82, 2.24) is 0 Å². The summed E-state index contributed by atoms with van der Waals surface area (Å²) in [6, 6.07) is 8.06. The van der Waals surface area contributed by atoms with Crippen LogP contribution in [-0.4, -0.2) is 6.54 Å². The van der Waals surface area contributed by atoms with Gasteiger partial charge in [0.1, 0.15) is 0 Å². The average Bonchev–Trinajstić information content (AvgIpc) is 2.01. The lowest BCUT2D eigenvalue weighted by molar-refractivity contribution is 1.08. The summed E-state index contributed by atoms with van der Waals surface area (Å²) in [4.78, 5) is 3.30. The van der Waals surface area contributed by atoms with E-state index in [2.05, 4.69) is 20.8 Å². The van der Waals surface area contributed by atoms with E-state index in [1.807, 2.05) is 24.3 Å². The van der Waals surface area contributed by atoms with Crippen LogP contribution in [-0.2, 0) is 6.42 Å². The van der Waals surface area contributed by atoms with Gasteiger partial charge >= 0.3 is 0 Å². The van der Waals surface area contributed by atoms with Crippen molar-refractivity contribution in [3.63, 3.8) is 0 Å². The Bertz CT molecular complexity index is 275. The Kier molecular flexibility index (Phi) is 3.13. The molecule has 0 bridgehead atoms. The van der Waals surface area contributed by atoms with Crippen LogP contribution in [0.1, 0.15) is 5.56 Å². The van der Waals surface area contributed by atoms with Crippen molar-refractivity contribution in [2.75, 3.05) is 6.54 Å². The Balaban J connectivity index is 2.65. The van der Waals surface area contributed by atoms with Gasteiger partial charge in [-0.1, -0.05) is 28.1 Å². The number of halogens is 1. The first-order valence-corrected chi connectivity index (χ1v) is 4.20. The largest absolute Gasteiger partial charge is 0.317 e. The molecule has 56 valence electrons. The summed E-state index contributed by atoms with van der Waals surface area (Å²) < 4.78 is 1.08. The molecule has 0 fully saturated rings. The predicted molar refractivity (Wildman–Crippen MR) is 49.3 cm³/mol. The number of rotatable bonds is 2. The minimum Gasteiger partial charge on any atom is -0.317 e. The van der Waals surface area contributed by atoms with Crippen LogP contribution in [0.4, 0.5) is 0 Å². The quantitative estimate of drug-likeness (QED) is 0.661. The van der Waals surface area contributed by atoms with Gasteiger partial charge in [0.15, 0.2) is 0 Å². The zero-order valence-electron chi connectivity index (χ0n) is 6.05. The molecule has 11 heavy (non-hydrogen) atoms. The molecule has 0 saturated carbocycles. The number of nitrogens with zero attached hydrogens (tertiary/aromatic N) is 1. The van der Waals surface area contributed by atoms with Crippen LogP contribution in [0.25, 0.3) is 4.85 Å². The lowest BCUT2D eigenvalue weighted by Crippen LogP contribution is -1.86. The van der Waals surface area contributed by atoms with Crippen molar-refractivity contribution in [1.29, 1.82) is 0 Å². The summed E-state index contributed by atoms with van der Waals surface area (Å²) >= 11 is 3.38. The second-order valence-electron chi connectivity index (χ2n) is 2.26. The van der Waals surface area contributed by atoms with E-state index in [-0.39, 0.29) is 0 Å². The van der Waals surface area contributed by atoms with E-state index in [9.17, 15) is 0 Å². The van der Waals surface area contributed by atoms with Gasteiger partial charge in [0.05, 0.1) is 0 Å². The average molecular weight is 210 g/mol. The molecule has 0 aliphatic carbocycles. The third-order valence-electron chi connectivity index (χ3n) is 1.40. The van der Waals surface area contributed by atoms with Crippen LogP contribution < -0.4 is 0 Å². The highest BCUT2D eigenvalue weighted by atomic mass is 79.9. The highest BCUT2D eigenvalue weighted by Gasteiger charge is 1.94. The zero-order valence-corrected chi connectivity index (χ0v) is 7.63. The second-order valence-corrected chi connectivity index (χ2v) is 3.18. The Morgan fingerprint density at radius 2 is 2.27 bits per heavy atom. The SMILES string of the molecule is [C-]#[N+]CCc1cccc(Br)c1. The molecule has 0 unspecified atom stereocenters. The monoisotopic (exact) mass is 209 g/mol. The maximum Gasteiger partial charge on any atom is 0.218 e. The van der Waals surface area contributed by atoms with Gasteiger partial charge in [-0.05, 0) is 17.7 Å². The normalized spacial score (nSPS) is 9.09. The van der Waals surface area contributed by atoms with Gasteiger partial charge < -0.3 is 4.85 Å². The Hall–Kier alpha value is -0.810. The van der Waals surface area contributed by atoms with Gasteiger partial charge in [0, 0.05) is 10.9 Å². The molecular formula is C9H8BrN. The summed E-state index contributed by atoms with van der Waals surface area (Å²) in [6.07, 6.45) is 0.850. The van der Waals surface area contributed by atoms with Crippen LogP contribution in [0.3, 0.4) is 0 Å². The van der Waals surface area contributed by atoms with Crippen LogP contribution >= 0.6 is 15.9 Å². The standard InChI is InChI=1S/C9H8BrN/c1-11-6-5-8-3-2-4-9(10)7-8/h2-4,7H,5-6H2. The summed E-state index contributed by atoms with van der Waals surface area (Å²) in [5, 5.41) is 0. The van der Waals surface area contributed by atoms with Crippen LogP contribution in [0.15, 0.2) is 28.7 Å². The molecule has 0 N–H and O–H groups in total. The number of hydrogen-bond acceptors (Lipinski definition) is 0. The van der Waals surface area contributed by atoms with E-state index in [1.165, 1.54) is 5.56 Å². The van der Waals surface area contributed by atoms with E-state index >= 15 is 0 Å². The van der Waals surface area contributed by atoms with Crippen molar-refractivity contribution >= 4 is 15.9 Å². The molecule has 0 atom stereocenters. The molecule has 0 amide bonds. The molecular weight excluding hydrogens is 202 g/mol. The third kappa shape index (κ3) is 2.73. The van der Waals surface area contributed by atoms with Gasteiger partial charge in [-0.15, -0.1) is 0 Å². The summed E-state index contributed by atoms with van der Waals surface area (Å²) in [5.74, 6) is 0. The minimum atomic E-state index is 0.580. The molecule has 0 aliphatic heterocycles. The Morgan fingerprint density at radius 1 is 1.45 bits per heavy atom. The van der Waals surface area contributed by atoms with E-state index in [1.54, 1.807) is 0 Å². The maximum atomic E-state index is 6.62. The molecule has 0 aromatic heterocycles. The fraction of sp³-hybridized carbons (Fsp3) is 0.222. The minimum absolute atomic E-state index is 0.580. The third-order valence-corrected chi connectivity index (χ3v) is 1.89. The van der Waals surface area contributed by atoms with Gasteiger partial charge in [-0.2, -0.15) is 0 Å². The highest BCUT2D eigenvalue weighted by molar-refractivity contribution is 9.10. The summed E-state index contributed by atoms with van der Waals surface area (Å²) in [7, 11) is 0. The predicted octanol–water partition coefficient (Wildman–Crippen LogP) is 2.91. The van der Waals surface area contributed by atoms with E-state index in [0.29, 0.717) is 6.54 Å². The van der Waals surface area contributed by atoms with Crippen LogP contribution in [0, 0.1) is 6.57 Å². The molecule has 1 aromatic rings. The van der Waals surface area contributed by atoms with Crippen molar-refractivity contribution < 1.29 is 0 Å². The van der Waals surface area contributed by atoms with Crippen LogP contribution in [0.5, 0.6) is 0 Å². The highest BCUT2D eigenvalue weighted by Crippen LogP contribution is 2.11.